The van der Waals surface area contributed by atoms with Gasteiger partial charge in [0.05, 0.1) is 14.2 Å². The molecular weight excluding hydrogens is 416 g/mol. The van der Waals surface area contributed by atoms with E-state index in [1.165, 1.54) is 11.1 Å². The summed E-state index contributed by atoms with van der Waals surface area (Å²) in [7, 11) is 3.15. The Hall–Kier alpha value is -3.59. The smallest absolute Gasteiger partial charge is 0.414 e. The number of amides is 1. The molecule has 1 heterocycles. The molecule has 1 fully saturated rings. The van der Waals surface area contributed by atoms with Crippen LogP contribution in [0.5, 0.6) is 11.5 Å². The molecule has 1 amide bonds. The van der Waals surface area contributed by atoms with Crippen molar-refractivity contribution >= 4 is 17.8 Å². The first-order valence-electron chi connectivity index (χ1n) is 10.0. The number of ether oxygens (including phenoxy) is 2. The highest BCUT2D eigenvalue weighted by Gasteiger charge is 2.27. The monoisotopic (exact) mass is 444 g/mol. The number of carbonyl (C=O) groups is 3. The van der Waals surface area contributed by atoms with Gasteiger partial charge in [-0.15, -0.1) is 0 Å². The van der Waals surface area contributed by atoms with Crippen molar-refractivity contribution in [2.45, 2.75) is 13.5 Å². The molecule has 0 aliphatic carbocycles. The highest BCUT2D eigenvalue weighted by atomic mass is 16.5. The summed E-state index contributed by atoms with van der Waals surface area (Å²) in [4.78, 5) is 35.5. The summed E-state index contributed by atoms with van der Waals surface area (Å²) < 4.78 is 10.8. The van der Waals surface area contributed by atoms with Gasteiger partial charge in [0.2, 0.25) is 0 Å². The summed E-state index contributed by atoms with van der Waals surface area (Å²) in [6.07, 6.45) is 0. The molecule has 0 unspecified atom stereocenters. The minimum absolute atomic E-state index is 0.0326. The number of hydrogen-bond acceptors (Lipinski definition) is 6. The van der Waals surface area contributed by atoms with Crippen LogP contribution in [0.1, 0.15) is 21.5 Å². The molecule has 0 spiro atoms. The molecule has 0 bridgehead atoms. The van der Waals surface area contributed by atoms with Crippen molar-refractivity contribution in [1.82, 2.24) is 9.80 Å². The zero-order chi connectivity index (χ0) is 23.7. The van der Waals surface area contributed by atoms with Gasteiger partial charge < -0.3 is 24.6 Å². The number of rotatable bonds is 5. The van der Waals surface area contributed by atoms with Crippen molar-refractivity contribution in [2.24, 2.45) is 0 Å². The third-order valence-electron chi connectivity index (χ3n) is 5.14. The molecule has 32 heavy (non-hydrogen) atoms. The number of aliphatic carboxylic acids is 2. The molecule has 2 N–H and O–H groups in total. The number of aryl methyl sites for hydroxylation is 1. The van der Waals surface area contributed by atoms with E-state index in [1.54, 1.807) is 26.4 Å². The topological polar surface area (TPSA) is 117 Å². The van der Waals surface area contributed by atoms with Crippen LogP contribution in [0.25, 0.3) is 0 Å². The first kappa shape index (κ1) is 24.7. The van der Waals surface area contributed by atoms with Gasteiger partial charge in [0, 0.05) is 32.7 Å². The van der Waals surface area contributed by atoms with E-state index in [0.717, 1.165) is 19.6 Å². The second kappa shape index (κ2) is 11.7. The third kappa shape index (κ3) is 6.45. The lowest BCUT2D eigenvalue weighted by atomic mass is 10.1. The highest BCUT2D eigenvalue weighted by molar-refractivity contribution is 6.27. The van der Waals surface area contributed by atoms with E-state index in [4.69, 9.17) is 29.3 Å². The molecule has 9 nitrogen and oxygen atoms in total. The molecule has 1 aliphatic heterocycles. The predicted octanol–water partition coefficient (Wildman–Crippen LogP) is 2.13. The summed E-state index contributed by atoms with van der Waals surface area (Å²) in [5, 5.41) is 14.8. The summed E-state index contributed by atoms with van der Waals surface area (Å²) in [6, 6.07) is 13.9. The number of methoxy groups -OCH3 is 2. The molecule has 2 aromatic rings. The number of benzene rings is 2. The van der Waals surface area contributed by atoms with Crippen LogP contribution in [-0.4, -0.2) is 78.3 Å². The molecule has 172 valence electrons. The summed E-state index contributed by atoms with van der Waals surface area (Å²) in [5.41, 5.74) is 3.16. The van der Waals surface area contributed by atoms with E-state index in [1.807, 2.05) is 11.0 Å². The molecule has 3 rings (SSSR count). The fraction of sp³-hybridized carbons (Fsp3) is 0.348. The average molecular weight is 444 g/mol. The van der Waals surface area contributed by atoms with Gasteiger partial charge in [0.15, 0.2) is 0 Å². The molecule has 0 saturated carbocycles. The van der Waals surface area contributed by atoms with E-state index in [9.17, 15) is 4.79 Å². The Labute approximate surface area is 186 Å². The van der Waals surface area contributed by atoms with E-state index < -0.39 is 11.9 Å². The number of piperazine rings is 1. The minimum atomic E-state index is -1.82. The quantitative estimate of drug-likeness (QED) is 0.674. The lowest BCUT2D eigenvalue weighted by molar-refractivity contribution is -0.159. The maximum Gasteiger partial charge on any atom is 0.414 e. The number of nitrogens with zero attached hydrogens (tertiary/aromatic N) is 2. The Bertz CT molecular complexity index is 919. The lowest BCUT2D eigenvalue weighted by Gasteiger charge is -2.35. The second-order valence-corrected chi connectivity index (χ2v) is 7.14. The summed E-state index contributed by atoms with van der Waals surface area (Å²) in [6.45, 7) is 6.18. The predicted molar refractivity (Wildman–Crippen MR) is 117 cm³/mol. The SMILES string of the molecule is COc1cccc(OC)c1C(=O)N1CCN(Cc2ccccc2C)CC1.O=C(O)C(=O)O. The van der Waals surface area contributed by atoms with Gasteiger partial charge in [-0.3, -0.25) is 9.69 Å². The zero-order valence-electron chi connectivity index (χ0n) is 18.4. The minimum Gasteiger partial charge on any atom is -0.496 e. The van der Waals surface area contributed by atoms with Crippen molar-refractivity contribution in [3.63, 3.8) is 0 Å². The highest BCUT2D eigenvalue weighted by Crippen LogP contribution is 2.30. The van der Waals surface area contributed by atoms with E-state index in [0.29, 0.717) is 30.2 Å². The van der Waals surface area contributed by atoms with Crippen LogP contribution in [0.15, 0.2) is 42.5 Å². The Morgan fingerprint density at radius 1 is 0.844 bits per heavy atom. The van der Waals surface area contributed by atoms with Crippen molar-refractivity contribution in [1.29, 1.82) is 0 Å². The van der Waals surface area contributed by atoms with Crippen LogP contribution in [-0.2, 0) is 16.1 Å². The Kier molecular flexibility index (Phi) is 9.03. The average Bonchev–Trinajstić information content (AvgIpc) is 2.80. The molecule has 2 aromatic carbocycles. The molecule has 0 radical (unpaired) electrons. The molecule has 1 aliphatic rings. The third-order valence-corrected chi connectivity index (χ3v) is 5.14. The zero-order valence-corrected chi connectivity index (χ0v) is 18.4. The van der Waals surface area contributed by atoms with Crippen molar-refractivity contribution in [3.8, 4) is 11.5 Å². The number of hydrogen-bond donors (Lipinski definition) is 2. The van der Waals surface area contributed by atoms with Gasteiger partial charge in [-0.1, -0.05) is 30.3 Å². The van der Waals surface area contributed by atoms with Gasteiger partial charge in [0.25, 0.3) is 5.91 Å². The van der Waals surface area contributed by atoms with Gasteiger partial charge in [-0.2, -0.15) is 0 Å². The molecule has 9 heteroatoms. The first-order valence-corrected chi connectivity index (χ1v) is 10.0. The Balaban J connectivity index is 0.000000534. The fourth-order valence-electron chi connectivity index (χ4n) is 3.36. The maximum atomic E-state index is 13.0. The largest absolute Gasteiger partial charge is 0.496 e. The number of carboxylic acid groups (broad SMARTS) is 2. The van der Waals surface area contributed by atoms with Gasteiger partial charge in [0.1, 0.15) is 17.1 Å². The Morgan fingerprint density at radius 2 is 1.38 bits per heavy atom. The van der Waals surface area contributed by atoms with E-state index >= 15 is 0 Å². The maximum absolute atomic E-state index is 13.0. The van der Waals surface area contributed by atoms with Crippen LogP contribution in [0.3, 0.4) is 0 Å². The lowest BCUT2D eigenvalue weighted by Crippen LogP contribution is -2.48. The molecule has 0 atom stereocenters. The molecule has 1 saturated heterocycles. The normalized spacial score (nSPS) is 13.5. The molecular formula is C23H28N2O7. The van der Waals surface area contributed by atoms with Crippen molar-refractivity contribution in [2.75, 3.05) is 40.4 Å². The summed E-state index contributed by atoms with van der Waals surface area (Å²) >= 11 is 0. The van der Waals surface area contributed by atoms with Crippen LogP contribution < -0.4 is 9.47 Å². The first-order chi connectivity index (χ1) is 15.3. The van der Waals surface area contributed by atoms with Crippen LogP contribution in [0, 0.1) is 6.92 Å². The number of carbonyl (C=O) groups excluding carboxylic acids is 1. The number of carboxylic acids is 2. The Morgan fingerprint density at radius 3 is 1.84 bits per heavy atom. The van der Waals surface area contributed by atoms with E-state index in [2.05, 4.69) is 36.1 Å². The van der Waals surface area contributed by atoms with Gasteiger partial charge in [-0.25, -0.2) is 9.59 Å². The summed E-state index contributed by atoms with van der Waals surface area (Å²) in [5.74, 6) is -2.58. The van der Waals surface area contributed by atoms with Crippen LogP contribution in [0.4, 0.5) is 0 Å². The second-order valence-electron chi connectivity index (χ2n) is 7.14. The van der Waals surface area contributed by atoms with E-state index in [-0.39, 0.29) is 5.91 Å². The standard InChI is InChI=1S/C21H26N2O3.C2H2O4/c1-16-7-4-5-8-17(16)15-22-11-13-23(14-12-22)21(24)20-18(25-2)9-6-10-19(20)26-3;3-1(4)2(5)6/h4-10H,11-15H2,1-3H3;(H,3,4)(H,5,6). The van der Waals surface area contributed by atoms with Crippen molar-refractivity contribution < 1.29 is 34.1 Å². The van der Waals surface area contributed by atoms with Gasteiger partial charge in [-0.05, 0) is 30.2 Å². The molecule has 0 aromatic heterocycles. The fourth-order valence-corrected chi connectivity index (χ4v) is 3.36. The van der Waals surface area contributed by atoms with Crippen molar-refractivity contribution in [3.05, 3.63) is 59.2 Å². The van der Waals surface area contributed by atoms with Crippen LogP contribution >= 0.6 is 0 Å². The van der Waals surface area contributed by atoms with Gasteiger partial charge >= 0.3 is 11.9 Å². The van der Waals surface area contributed by atoms with Crippen LogP contribution in [0.2, 0.25) is 0 Å².